The largest absolute Gasteiger partial charge is 0.497 e. The molecule has 0 spiro atoms. The maximum absolute atomic E-state index is 5.23. The first-order valence-electron chi connectivity index (χ1n) is 7.16. The minimum Gasteiger partial charge on any atom is -0.497 e. The lowest BCUT2D eigenvalue weighted by Crippen LogP contribution is -2.23. The van der Waals surface area contributed by atoms with Gasteiger partial charge in [0.25, 0.3) is 0 Å². The normalized spacial score (nSPS) is 10.9. The summed E-state index contributed by atoms with van der Waals surface area (Å²) in [4.78, 5) is 3.20. The lowest BCUT2D eigenvalue weighted by atomic mass is 10.2. The van der Waals surface area contributed by atoms with E-state index in [2.05, 4.69) is 36.8 Å². The smallest absolute Gasteiger partial charge is 0.191 e. The van der Waals surface area contributed by atoms with Crippen LogP contribution in [0.5, 0.6) is 5.75 Å². The average Bonchev–Trinajstić information content (AvgIpc) is 2.97. The number of hydrogen-bond donors (Lipinski definition) is 3. The van der Waals surface area contributed by atoms with Crippen molar-refractivity contribution in [3.8, 4) is 5.75 Å². The topological polar surface area (TPSA) is 61.4 Å². The summed E-state index contributed by atoms with van der Waals surface area (Å²) in [5.41, 5.74) is 5.67. The van der Waals surface area contributed by atoms with E-state index in [-0.39, 0.29) is 0 Å². The molecule has 1 aromatic heterocycles. The summed E-state index contributed by atoms with van der Waals surface area (Å²) in [5.74, 6) is 0.760. The number of H-pyrrole nitrogens is 1. The second kappa shape index (κ2) is 7.46. The minimum atomic E-state index is 0.403. The van der Waals surface area contributed by atoms with Crippen molar-refractivity contribution in [2.24, 2.45) is 5.10 Å². The van der Waals surface area contributed by atoms with Crippen molar-refractivity contribution < 1.29 is 4.74 Å². The number of halogens is 1. The van der Waals surface area contributed by atoms with Crippen LogP contribution in [0.4, 0.5) is 5.69 Å². The third kappa shape index (κ3) is 3.93. The molecule has 5 nitrogen and oxygen atoms in total. The number of methoxy groups -OCH3 is 1. The van der Waals surface area contributed by atoms with Crippen LogP contribution in [0.25, 0.3) is 10.9 Å². The summed E-state index contributed by atoms with van der Waals surface area (Å²) in [6, 6.07) is 13.6. The number of ether oxygens (including phenoxy) is 1. The summed E-state index contributed by atoms with van der Waals surface area (Å²) in [6.45, 7) is 0. The number of nitrogens with one attached hydrogen (secondary N) is 3. The van der Waals surface area contributed by atoms with Crippen LogP contribution in [-0.2, 0) is 0 Å². The van der Waals surface area contributed by atoms with E-state index in [9.17, 15) is 0 Å². The Hall–Kier alpha value is -2.38. The Balaban J connectivity index is 1.64. The number of aromatic amines is 1. The Morgan fingerprint density at radius 1 is 1.29 bits per heavy atom. The first-order valence-corrected chi connectivity index (χ1v) is 8.36. The summed E-state index contributed by atoms with van der Waals surface area (Å²) in [7, 11) is 1.62. The zero-order chi connectivity index (χ0) is 16.9. The highest BCUT2D eigenvalue weighted by Gasteiger charge is 2.02. The predicted molar refractivity (Wildman–Crippen MR) is 106 cm³/mol. The van der Waals surface area contributed by atoms with Crippen molar-refractivity contribution in [2.75, 3.05) is 12.4 Å². The molecule has 2 aromatic carbocycles. The molecule has 0 saturated heterocycles. The van der Waals surface area contributed by atoms with Crippen molar-refractivity contribution in [2.45, 2.75) is 0 Å². The van der Waals surface area contributed by atoms with Crippen molar-refractivity contribution in [3.05, 3.63) is 58.7 Å². The van der Waals surface area contributed by atoms with E-state index in [0.29, 0.717) is 5.11 Å². The van der Waals surface area contributed by atoms with Gasteiger partial charge in [-0.25, -0.2) is 0 Å². The van der Waals surface area contributed by atoms with E-state index in [1.807, 2.05) is 48.7 Å². The van der Waals surface area contributed by atoms with Gasteiger partial charge in [0.2, 0.25) is 0 Å². The highest BCUT2D eigenvalue weighted by atomic mass is 79.9. The van der Waals surface area contributed by atoms with Crippen LogP contribution in [0.15, 0.2) is 58.2 Å². The fourth-order valence-corrected chi connectivity index (χ4v) is 2.77. The molecule has 0 saturated carbocycles. The molecule has 0 atom stereocenters. The van der Waals surface area contributed by atoms with E-state index in [1.165, 1.54) is 0 Å². The first-order chi connectivity index (χ1) is 11.7. The maximum Gasteiger partial charge on any atom is 0.191 e. The molecule has 7 heteroatoms. The molecule has 3 aromatic rings. The maximum atomic E-state index is 5.23. The number of anilines is 1. The summed E-state index contributed by atoms with van der Waals surface area (Å²) < 4.78 is 6.20. The second-order valence-corrected chi connectivity index (χ2v) is 6.31. The number of hydrazone groups is 1. The van der Waals surface area contributed by atoms with E-state index in [0.717, 1.165) is 32.4 Å². The lowest BCUT2D eigenvalue weighted by Gasteiger charge is -2.08. The van der Waals surface area contributed by atoms with Gasteiger partial charge in [0.1, 0.15) is 5.75 Å². The van der Waals surface area contributed by atoms with Gasteiger partial charge in [-0.3, -0.25) is 5.43 Å². The van der Waals surface area contributed by atoms with E-state index in [1.54, 1.807) is 13.3 Å². The first kappa shape index (κ1) is 16.5. The van der Waals surface area contributed by atoms with Gasteiger partial charge in [-0.15, -0.1) is 0 Å². The van der Waals surface area contributed by atoms with E-state index in [4.69, 9.17) is 17.0 Å². The molecule has 0 amide bonds. The van der Waals surface area contributed by atoms with Crippen LogP contribution in [-0.4, -0.2) is 23.4 Å². The highest BCUT2D eigenvalue weighted by molar-refractivity contribution is 9.10. The number of hydrogen-bond acceptors (Lipinski definition) is 3. The number of rotatable bonds is 4. The molecule has 0 unspecified atom stereocenters. The summed E-state index contributed by atoms with van der Waals surface area (Å²) in [6.07, 6.45) is 3.63. The van der Waals surface area contributed by atoms with Gasteiger partial charge < -0.3 is 15.0 Å². The van der Waals surface area contributed by atoms with Gasteiger partial charge in [0.05, 0.1) is 13.3 Å². The summed E-state index contributed by atoms with van der Waals surface area (Å²) >= 11 is 8.71. The molecule has 122 valence electrons. The zero-order valence-electron chi connectivity index (χ0n) is 12.8. The molecule has 3 N–H and O–H groups in total. The third-order valence-corrected chi connectivity index (χ3v) is 4.06. The van der Waals surface area contributed by atoms with Gasteiger partial charge in [-0.05, 0) is 42.5 Å². The Morgan fingerprint density at radius 3 is 3.00 bits per heavy atom. The minimum absolute atomic E-state index is 0.403. The van der Waals surface area contributed by atoms with Gasteiger partial charge >= 0.3 is 0 Å². The quantitative estimate of drug-likeness (QED) is 0.346. The summed E-state index contributed by atoms with van der Waals surface area (Å²) in [5, 5.41) is 8.73. The van der Waals surface area contributed by atoms with Crippen molar-refractivity contribution in [1.82, 2.24) is 10.4 Å². The van der Waals surface area contributed by atoms with E-state index >= 15 is 0 Å². The fourth-order valence-electron chi connectivity index (χ4n) is 2.24. The molecule has 0 aliphatic carbocycles. The standard InChI is InChI=1S/C17H15BrN4OS/c1-23-14-4-2-3-13(8-14)21-17(24)22-20-10-11-9-19-16-6-5-12(18)7-15(11)16/h2-10,19H,1H3,(H2,21,22,24). The Kier molecular flexibility index (Phi) is 5.12. The van der Waals surface area contributed by atoms with Crippen LogP contribution in [0.2, 0.25) is 0 Å². The number of fused-ring (bicyclic) bond motifs is 1. The van der Waals surface area contributed by atoms with Crippen LogP contribution in [0.1, 0.15) is 5.56 Å². The van der Waals surface area contributed by atoms with Crippen LogP contribution in [0, 0.1) is 0 Å². The van der Waals surface area contributed by atoms with Crippen molar-refractivity contribution >= 4 is 56.1 Å². The van der Waals surface area contributed by atoms with Crippen molar-refractivity contribution in [1.29, 1.82) is 0 Å². The molecule has 24 heavy (non-hydrogen) atoms. The molecule has 0 bridgehead atoms. The van der Waals surface area contributed by atoms with Gasteiger partial charge in [-0.1, -0.05) is 22.0 Å². The zero-order valence-corrected chi connectivity index (χ0v) is 15.2. The average molecular weight is 403 g/mol. The van der Waals surface area contributed by atoms with Gasteiger partial charge in [0, 0.05) is 38.9 Å². The second-order valence-electron chi connectivity index (χ2n) is 4.99. The highest BCUT2D eigenvalue weighted by Crippen LogP contribution is 2.21. The van der Waals surface area contributed by atoms with Crippen LogP contribution >= 0.6 is 28.1 Å². The molecular formula is C17H15BrN4OS. The number of benzene rings is 2. The third-order valence-electron chi connectivity index (χ3n) is 3.37. The fraction of sp³-hybridized carbons (Fsp3) is 0.0588. The number of thiocarbonyl (C=S) groups is 1. The molecule has 0 fully saturated rings. The number of nitrogens with zero attached hydrogens (tertiary/aromatic N) is 1. The molecule has 3 rings (SSSR count). The van der Waals surface area contributed by atoms with Gasteiger partial charge in [0.15, 0.2) is 5.11 Å². The molecule has 0 radical (unpaired) electrons. The molecule has 0 aliphatic heterocycles. The Bertz CT molecular complexity index is 906. The van der Waals surface area contributed by atoms with Crippen LogP contribution < -0.4 is 15.5 Å². The lowest BCUT2D eigenvalue weighted by molar-refractivity contribution is 0.415. The Labute approximate surface area is 153 Å². The monoisotopic (exact) mass is 402 g/mol. The van der Waals surface area contributed by atoms with Crippen LogP contribution in [0.3, 0.4) is 0 Å². The molecular weight excluding hydrogens is 388 g/mol. The Morgan fingerprint density at radius 2 is 2.17 bits per heavy atom. The van der Waals surface area contributed by atoms with Gasteiger partial charge in [-0.2, -0.15) is 5.10 Å². The molecule has 0 aliphatic rings. The predicted octanol–water partition coefficient (Wildman–Crippen LogP) is 4.26. The van der Waals surface area contributed by atoms with Crippen molar-refractivity contribution in [3.63, 3.8) is 0 Å². The molecule has 1 heterocycles. The van der Waals surface area contributed by atoms with E-state index < -0.39 is 0 Å². The SMILES string of the molecule is COc1cccc(NC(=S)NN=Cc2c[nH]c3ccc(Br)cc23)c1. The number of aromatic nitrogens is 1.